The van der Waals surface area contributed by atoms with Crippen LogP contribution in [0.2, 0.25) is 0 Å². The number of rotatable bonds is 6. The van der Waals surface area contributed by atoms with Gasteiger partial charge >= 0.3 is 6.61 Å². The van der Waals surface area contributed by atoms with Crippen molar-refractivity contribution >= 4 is 11.6 Å². The third kappa shape index (κ3) is 4.36. The molecule has 5 nitrogen and oxygen atoms in total. The first kappa shape index (κ1) is 15.2. The summed E-state index contributed by atoms with van der Waals surface area (Å²) in [6.07, 6.45) is -0.717. The highest BCUT2D eigenvalue weighted by molar-refractivity contribution is 5.95. The molecule has 0 saturated heterocycles. The van der Waals surface area contributed by atoms with Gasteiger partial charge in [-0.2, -0.15) is 8.78 Å². The first-order valence-corrected chi connectivity index (χ1v) is 5.44. The van der Waals surface area contributed by atoms with Gasteiger partial charge in [-0.05, 0) is 19.1 Å². The van der Waals surface area contributed by atoms with E-state index in [1.807, 2.05) is 0 Å². The van der Waals surface area contributed by atoms with Crippen molar-refractivity contribution in [2.75, 3.05) is 19.5 Å². The smallest absolute Gasteiger partial charge is 0.387 e. The number of carbonyl (C=O) groups is 1. The predicted octanol–water partition coefficient (Wildman–Crippen LogP) is 2.27. The first-order chi connectivity index (χ1) is 8.97. The lowest BCUT2D eigenvalue weighted by Gasteiger charge is -2.15. The van der Waals surface area contributed by atoms with E-state index in [0.717, 1.165) is 0 Å². The number of amides is 1. The number of hydrogen-bond donors (Lipinski definition) is 1. The molecule has 106 valence electrons. The fourth-order valence-electron chi connectivity index (χ4n) is 1.27. The molecule has 0 heterocycles. The number of halogens is 2. The van der Waals surface area contributed by atoms with Gasteiger partial charge in [0.25, 0.3) is 5.91 Å². The number of hydrogen-bond acceptors (Lipinski definition) is 4. The van der Waals surface area contributed by atoms with Crippen molar-refractivity contribution in [3.8, 4) is 11.5 Å². The first-order valence-electron chi connectivity index (χ1n) is 5.44. The molecule has 0 aromatic heterocycles. The Balaban J connectivity index is 2.97. The maximum Gasteiger partial charge on any atom is 0.387 e. The molecular formula is C12H15F2NO4. The van der Waals surface area contributed by atoms with E-state index in [2.05, 4.69) is 10.1 Å². The zero-order chi connectivity index (χ0) is 14.4. The lowest BCUT2D eigenvalue weighted by Crippen LogP contribution is -2.26. The van der Waals surface area contributed by atoms with E-state index in [1.165, 1.54) is 39.3 Å². The maximum atomic E-state index is 12.3. The number of methoxy groups -OCH3 is 2. The van der Waals surface area contributed by atoms with E-state index >= 15 is 0 Å². The van der Waals surface area contributed by atoms with Crippen molar-refractivity contribution < 1.29 is 27.8 Å². The second-order valence-corrected chi connectivity index (χ2v) is 3.61. The second kappa shape index (κ2) is 6.89. The molecule has 1 N–H and O–H groups in total. The van der Waals surface area contributed by atoms with Crippen molar-refractivity contribution in [1.29, 1.82) is 0 Å². The lowest BCUT2D eigenvalue weighted by molar-refractivity contribution is -0.124. The molecule has 0 aliphatic rings. The van der Waals surface area contributed by atoms with Crippen LogP contribution in [0.4, 0.5) is 14.5 Å². The number of anilines is 1. The molecule has 19 heavy (non-hydrogen) atoms. The molecule has 0 bridgehead atoms. The van der Waals surface area contributed by atoms with Crippen LogP contribution in [0.5, 0.6) is 11.5 Å². The van der Waals surface area contributed by atoms with Gasteiger partial charge in [0.15, 0.2) is 0 Å². The third-order valence-electron chi connectivity index (χ3n) is 2.38. The largest absolute Gasteiger partial charge is 0.497 e. The van der Waals surface area contributed by atoms with E-state index in [9.17, 15) is 13.6 Å². The summed E-state index contributed by atoms with van der Waals surface area (Å²) in [6, 6.07) is 4.13. The van der Waals surface area contributed by atoms with E-state index in [-0.39, 0.29) is 11.4 Å². The van der Waals surface area contributed by atoms with E-state index in [4.69, 9.17) is 9.47 Å². The van der Waals surface area contributed by atoms with Crippen LogP contribution in [0.1, 0.15) is 6.92 Å². The molecule has 0 fully saturated rings. The molecule has 1 aromatic carbocycles. The maximum absolute atomic E-state index is 12.3. The fraction of sp³-hybridized carbons (Fsp3) is 0.417. The minimum absolute atomic E-state index is 0.0913. The SMILES string of the molecule is COc1ccc(OC(F)F)c(NC(=O)C(C)OC)c1. The fourth-order valence-corrected chi connectivity index (χ4v) is 1.27. The lowest BCUT2D eigenvalue weighted by atomic mass is 10.2. The Labute approximate surface area is 109 Å². The molecule has 0 aliphatic carbocycles. The minimum atomic E-state index is -2.98. The minimum Gasteiger partial charge on any atom is -0.497 e. The second-order valence-electron chi connectivity index (χ2n) is 3.61. The van der Waals surface area contributed by atoms with Gasteiger partial charge in [-0.25, -0.2) is 0 Å². The summed E-state index contributed by atoms with van der Waals surface area (Å²) in [5, 5.41) is 2.44. The van der Waals surface area contributed by atoms with Crippen LogP contribution in [0, 0.1) is 0 Å². The molecule has 0 saturated carbocycles. The zero-order valence-electron chi connectivity index (χ0n) is 10.8. The Morgan fingerprint density at radius 1 is 1.32 bits per heavy atom. The molecule has 1 rings (SSSR count). The highest BCUT2D eigenvalue weighted by Gasteiger charge is 2.16. The molecule has 1 amide bonds. The van der Waals surface area contributed by atoms with Crippen molar-refractivity contribution in [2.45, 2.75) is 19.6 Å². The van der Waals surface area contributed by atoms with Crippen LogP contribution in [0.3, 0.4) is 0 Å². The number of alkyl halides is 2. The predicted molar refractivity (Wildman–Crippen MR) is 64.7 cm³/mol. The van der Waals surface area contributed by atoms with Gasteiger partial charge in [0.2, 0.25) is 0 Å². The van der Waals surface area contributed by atoms with Crippen LogP contribution >= 0.6 is 0 Å². The number of ether oxygens (including phenoxy) is 3. The summed E-state index contributed by atoms with van der Waals surface area (Å²) in [5.41, 5.74) is 0.0913. The van der Waals surface area contributed by atoms with Gasteiger partial charge in [-0.1, -0.05) is 0 Å². The molecule has 7 heteroatoms. The Hall–Kier alpha value is -1.89. The molecule has 1 atom stereocenters. The van der Waals surface area contributed by atoms with Crippen LogP contribution in [0.25, 0.3) is 0 Å². The summed E-state index contributed by atoms with van der Waals surface area (Å²) in [4.78, 5) is 11.7. The van der Waals surface area contributed by atoms with Crippen molar-refractivity contribution in [3.05, 3.63) is 18.2 Å². The summed E-state index contributed by atoms with van der Waals surface area (Å²) in [5.74, 6) is -0.218. The number of carbonyl (C=O) groups excluding carboxylic acids is 1. The van der Waals surface area contributed by atoms with Crippen LogP contribution in [-0.4, -0.2) is 32.8 Å². The quantitative estimate of drug-likeness (QED) is 0.865. The Morgan fingerprint density at radius 2 is 2.00 bits per heavy atom. The third-order valence-corrected chi connectivity index (χ3v) is 2.38. The van der Waals surface area contributed by atoms with Gasteiger partial charge < -0.3 is 19.5 Å². The molecule has 1 aromatic rings. The summed E-state index contributed by atoms with van der Waals surface area (Å²) >= 11 is 0. The van der Waals surface area contributed by atoms with E-state index in [0.29, 0.717) is 5.75 Å². The van der Waals surface area contributed by atoms with Gasteiger partial charge in [0, 0.05) is 13.2 Å². The molecule has 0 spiro atoms. The van der Waals surface area contributed by atoms with Crippen LogP contribution in [0.15, 0.2) is 18.2 Å². The Morgan fingerprint density at radius 3 is 2.53 bits per heavy atom. The molecule has 1 unspecified atom stereocenters. The molecule has 0 radical (unpaired) electrons. The van der Waals surface area contributed by atoms with Gasteiger partial charge in [0.1, 0.15) is 17.6 Å². The average Bonchev–Trinajstić information content (AvgIpc) is 2.39. The summed E-state index contributed by atoms with van der Waals surface area (Å²) in [7, 11) is 2.79. The molecular weight excluding hydrogens is 260 g/mol. The van der Waals surface area contributed by atoms with Crippen molar-refractivity contribution in [2.24, 2.45) is 0 Å². The summed E-state index contributed by atoms with van der Waals surface area (Å²) < 4.78 is 38.6. The van der Waals surface area contributed by atoms with Crippen molar-refractivity contribution in [3.63, 3.8) is 0 Å². The average molecular weight is 275 g/mol. The van der Waals surface area contributed by atoms with E-state index < -0.39 is 18.6 Å². The molecule has 0 aliphatic heterocycles. The van der Waals surface area contributed by atoms with Crippen LogP contribution < -0.4 is 14.8 Å². The van der Waals surface area contributed by atoms with E-state index in [1.54, 1.807) is 0 Å². The topological polar surface area (TPSA) is 56.8 Å². The standard InChI is InChI=1S/C12H15F2NO4/c1-7(17-2)11(16)15-9-6-8(18-3)4-5-10(9)19-12(13)14/h4-7,12H,1-3H3,(H,15,16). The number of nitrogens with one attached hydrogen (secondary N) is 1. The van der Waals surface area contributed by atoms with Crippen LogP contribution in [-0.2, 0) is 9.53 Å². The Kier molecular flexibility index (Phi) is 5.50. The van der Waals surface area contributed by atoms with Gasteiger partial charge in [-0.15, -0.1) is 0 Å². The Bertz CT molecular complexity index is 440. The highest BCUT2D eigenvalue weighted by Crippen LogP contribution is 2.30. The summed E-state index contributed by atoms with van der Waals surface area (Å²) in [6.45, 7) is -1.45. The van der Waals surface area contributed by atoms with Gasteiger partial charge in [-0.3, -0.25) is 4.79 Å². The number of benzene rings is 1. The zero-order valence-corrected chi connectivity index (χ0v) is 10.8. The van der Waals surface area contributed by atoms with Crippen molar-refractivity contribution in [1.82, 2.24) is 0 Å². The monoisotopic (exact) mass is 275 g/mol. The van der Waals surface area contributed by atoms with Gasteiger partial charge in [0.05, 0.1) is 12.8 Å². The normalized spacial score (nSPS) is 12.1. The highest BCUT2D eigenvalue weighted by atomic mass is 19.3.